The summed E-state index contributed by atoms with van der Waals surface area (Å²) in [4.78, 5) is 28.6. The minimum atomic E-state index is -0.752. The Morgan fingerprint density at radius 3 is 2.71 bits per heavy atom. The smallest absolute Gasteiger partial charge is 0.311 e. The molecule has 130 valence electrons. The molecule has 3 rings (SSSR count). The molecule has 2 atom stereocenters. The van der Waals surface area contributed by atoms with Crippen LogP contribution >= 0.6 is 0 Å². The third-order valence-corrected chi connectivity index (χ3v) is 5.77. The van der Waals surface area contributed by atoms with E-state index in [4.69, 9.17) is 0 Å². The summed E-state index contributed by atoms with van der Waals surface area (Å²) < 4.78 is 0. The first kappa shape index (κ1) is 16.8. The van der Waals surface area contributed by atoms with E-state index in [0.717, 1.165) is 13.0 Å². The predicted molar refractivity (Wildman–Crippen MR) is 89.1 cm³/mol. The van der Waals surface area contributed by atoms with Gasteiger partial charge in [-0.25, -0.2) is 0 Å². The van der Waals surface area contributed by atoms with Crippen LogP contribution in [0, 0.1) is 12.3 Å². The van der Waals surface area contributed by atoms with Crippen molar-refractivity contribution in [2.24, 2.45) is 5.41 Å². The van der Waals surface area contributed by atoms with Crippen molar-refractivity contribution in [2.45, 2.75) is 32.2 Å². The second kappa shape index (κ2) is 6.09. The number of carbonyl (C=O) groups excluding carboxylic acids is 1. The number of phenolic OH excluding ortho intramolecular Hbond substituents is 1. The molecule has 1 aromatic carbocycles. The molecule has 0 spiro atoms. The summed E-state index contributed by atoms with van der Waals surface area (Å²) in [6.45, 7) is 3.43. The number of nitrogens with zero attached hydrogens (tertiary/aromatic N) is 2. The van der Waals surface area contributed by atoms with Gasteiger partial charge < -0.3 is 20.0 Å². The maximum Gasteiger partial charge on any atom is 0.311 e. The van der Waals surface area contributed by atoms with Crippen molar-refractivity contribution in [3.8, 4) is 5.75 Å². The summed E-state index contributed by atoms with van der Waals surface area (Å²) in [5.74, 6) is -0.784. The first-order chi connectivity index (χ1) is 11.4. The van der Waals surface area contributed by atoms with E-state index < -0.39 is 11.4 Å². The fourth-order valence-electron chi connectivity index (χ4n) is 4.19. The monoisotopic (exact) mass is 332 g/mol. The highest BCUT2D eigenvalue weighted by molar-refractivity contribution is 5.96. The summed E-state index contributed by atoms with van der Waals surface area (Å²) in [5, 5.41) is 19.6. The van der Waals surface area contributed by atoms with E-state index >= 15 is 0 Å². The van der Waals surface area contributed by atoms with Gasteiger partial charge in [-0.3, -0.25) is 9.59 Å². The molecule has 0 aromatic heterocycles. The largest absolute Gasteiger partial charge is 0.508 e. The Hall–Kier alpha value is -2.08. The summed E-state index contributed by atoms with van der Waals surface area (Å²) >= 11 is 0. The molecular formula is C18H24N2O4. The van der Waals surface area contributed by atoms with Crippen molar-refractivity contribution < 1.29 is 19.8 Å². The Kier molecular flexibility index (Phi) is 4.25. The highest BCUT2D eigenvalue weighted by Crippen LogP contribution is 2.42. The fourth-order valence-corrected chi connectivity index (χ4v) is 4.19. The zero-order valence-electron chi connectivity index (χ0n) is 14.2. The summed E-state index contributed by atoms with van der Waals surface area (Å²) in [5.41, 5.74) is 0.295. The predicted octanol–water partition coefficient (Wildman–Crippen LogP) is 1.71. The number of carboxylic acid groups (broad SMARTS) is 1. The molecule has 6 heteroatoms. The minimum absolute atomic E-state index is 0.104. The van der Waals surface area contributed by atoms with Crippen LogP contribution in [0.2, 0.25) is 0 Å². The van der Waals surface area contributed by atoms with Gasteiger partial charge in [-0.15, -0.1) is 0 Å². The number of amides is 1. The van der Waals surface area contributed by atoms with Crippen molar-refractivity contribution in [3.63, 3.8) is 0 Å². The Morgan fingerprint density at radius 1 is 1.25 bits per heavy atom. The lowest BCUT2D eigenvalue weighted by molar-refractivity contribution is -0.161. The van der Waals surface area contributed by atoms with Gasteiger partial charge in [0.1, 0.15) is 5.75 Å². The Morgan fingerprint density at radius 2 is 2.00 bits per heavy atom. The lowest BCUT2D eigenvalue weighted by Gasteiger charge is -2.51. The van der Waals surface area contributed by atoms with E-state index in [1.165, 1.54) is 0 Å². The number of carboxylic acids is 1. The second-order valence-corrected chi connectivity index (χ2v) is 7.01. The summed E-state index contributed by atoms with van der Waals surface area (Å²) in [6, 6.07) is 4.76. The maximum atomic E-state index is 12.9. The van der Waals surface area contributed by atoms with Crippen LogP contribution in [-0.2, 0) is 4.79 Å². The van der Waals surface area contributed by atoms with Crippen molar-refractivity contribution in [3.05, 3.63) is 29.3 Å². The van der Waals surface area contributed by atoms with Gasteiger partial charge in [-0.1, -0.05) is 6.07 Å². The number of piperidine rings is 2. The van der Waals surface area contributed by atoms with Crippen molar-refractivity contribution >= 4 is 11.9 Å². The first-order valence-corrected chi connectivity index (χ1v) is 8.38. The normalized spacial score (nSPS) is 27.6. The van der Waals surface area contributed by atoms with Crippen LogP contribution in [0.5, 0.6) is 5.75 Å². The quantitative estimate of drug-likeness (QED) is 0.862. The van der Waals surface area contributed by atoms with E-state index in [1.807, 2.05) is 7.05 Å². The number of aromatic hydroxyl groups is 1. The number of fused-ring (bicyclic) bond motifs is 1. The topological polar surface area (TPSA) is 81.1 Å². The average Bonchev–Trinajstić information content (AvgIpc) is 2.56. The van der Waals surface area contributed by atoms with Gasteiger partial charge in [0.05, 0.1) is 5.41 Å². The van der Waals surface area contributed by atoms with E-state index in [0.29, 0.717) is 37.1 Å². The lowest BCUT2D eigenvalue weighted by atomic mass is 9.68. The average molecular weight is 332 g/mol. The molecule has 2 aliphatic rings. The third-order valence-electron chi connectivity index (χ3n) is 5.77. The fraction of sp³-hybridized carbons (Fsp3) is 0.556. The molecule has 2 aliphatic heterocycles. The Balaban J connectivity index is 1.87. The Labute approximate surface area is 141 Å². The van der Waals surface area contributed by atoms with Gasteiger partial charge >= 0.3 is 5.97 Å². The standard InChI is InChI=1S/C18H24N2O4/c1-12-13(5-3-6-14(12)21)16(22)20-10-8-18(17(23)24)7-4-9-19(2)15(18)11-20/h3,5-6,15,21H,4,7-11H2,1-2H3,(H,23,24)/t15-,18+/m1/s1. The van der Waals surface area contributed by atoms with Gasteiger partial charge in [0.2, 0.25) is 0 Å². The molecule has 1 aromatic rings. The molecule has 1 amide bonds. The van der Waals surface area contributed by atoms with E-state index in [1.54, 1.807) is 30.0 Å². The number of likely N-dealkylation sites (tertiary alicyclic amines) is 2. The van der Waals surface area contributed by atoms with Crippen LogP contribution < -0.4 is 0 Å². The molecular weight excluding hydrogens is 308 g/mol. The van der Waals surface area contributed by atoms with Crippen molar-refractivity contribution in [1.29, 1.82) is 0 Å². The van der Waals surface area contributed by atoms with Crippen molar-refractivity contribution in [1.82, 2.24) is 9.80 Å². The molecule has 6 nitrogen and oxygen atoms in total. The number of carbonyl (C=O) groups is 2. The van der Waals surface area contributed by atoms with Crippen LogP contribution in [0.15, 0.2) is 18.2 Å². The molecule has 0 saturated carbocycles. The third kappa shape index (κ3) is 2.55. The van der Waals surface area contributed by atoms with E-state index in [9.17, 15) is 19.8 Å². The second-order valence-electron chi connectivity index (χ2n) is 7.01. The summed E-state index contributed by atoms with van der Waals surface area (Å²) in [7, 11) is 1.94. The van der Waals surface area contributed by atoms with Gasteiger partial charge in [0.25, 0.3) is 5.91 Å². The van der Waals surface area contributed by atoms with Crippen LogP contribution in [0.4, 0.5) is 0 Å². The maximum absolute atomic E-state index is 12.9. The molecule has 0 unspecified atom stereocenters. The number of benzene rings is 1. The van der Waals surface area contributed by atoms with E-state index in [-0.39, 0.29) is 17.7 Å². The van der Waals surface area contributed by atoms with Gasteiger partial charge in [-0.05, 0) is 51.9 Å². The molecule has 0 radical (unpaired) electrons. The number of rotatable bonds is 2. The van der Waals surface area contributed by atoms with E-state index in [2.05, 4.69) is 4.90 Å². The van der Waals surface area contributed by atoms with Gasteiger partial charge in [-0.2, -0.15) is 0 Å². The number of likely N-dealkylation sites (N-methyl/N-ethyl adjacent to an activating group) is 1. The number of hydrogen-bond donors (Lipinski definition) is 2. The van der Waals surface area contributed by atoms with Crippen LogP contribution in [0.1, 0.15) is 35.2 Å². The molecule has 2 N–H and O–H groups in total. The minimum Gasteiger partial charge on any atom is -0.508 e. The molecule has 0 bridgehead atoms. The number of hydrogen-bond acceptors (Lipinski definition) is 4. The molecule has 2 saturated heterocycles. The first-order valence-electron chi connectivity index (χ1n) is 8.38. The molecule has 24 heavy (non-hydrogen) atoms. The van der Waals surface area contributed by atoms with Crippen LogP contribution in [0.3, 0.4) is 0 Å². The SMILES string of the molecule is Cc1c(O)cccc1C(=O)N1CC[C@@]2(C(=O)O)CCCN(C)[C@@H]2C1. The molecule has 2 heterocycles. The highest BCUT2D eigenvalue weighted by atomic mass is 16.4. The zero-order chi connectivity index (χ0) is 17.5. The Bertz CT molecular complexity index is 675. The number of phenols is 1. The zero-order valence-corrected chi connectivity index (χ0v) is 14.2. The summed E-state index contributed by atoms with van der Waals surface area (Å²) in [6.07, 6.45) is 2.02. The van der Waals surface area contributed by atoms with Crippen LogP contribution in [0.25, 0.3) is 0 Å². The molecule has 0 aliphatic carbocycles. The number of aliphatic carboxylic acids is 1. The van der Waals surface area contributed by atoms with Crippen molar-refractivity contribution in [2.75, 3.05) is 26.7 Å². The lowest BCUT2D eigenvalue weighted by Crippen LogP contribution is -2.63. The molecule has 2 fully saturated rings. The van der Waals surface area contributed by atoms with Gasteiger partial charge in [0, 0.05) is 30.3 Å². The van der Waals surface area contributed by atoms with Gasteiger partial charge in [0.15, 0.2) is 0 Å². The van der Waals surface area contributed by atoms with Crippen LogP contribution in [-0.4, -0.2) is 64.6 Å². The highest BCUT2D eigenvalue weighted by Gasteiger charge is 2.52.